The maximum atomic E-state index is 11.1. The molecule has 5 heteroatoms. The van der Waals surface area contributed by atoms with Gasteiger partial charge in [-0.1, -0.05) is 12.1 Å². The van der Waals surface area contributed by atoms with Gasteiger partial charge in [-0.2, -0.15) is 4.98 Å². The normalized spacial score (nSPS) is 10.1. The topological polar surface area (TPSA) is 68.7 Å². The third-order valence-corrected chi connectivity index (χ3v) is 2.72. The lowest BCUT2D eigenvalue weighted by molar-refractivity contribution is 0.0695. The predicted octanol–water partition coefficient (Wildman–Crippen LogP) is 3.28. The number of carboxylic acid groups (broad SMARTS) is 1. The Morgan fingerprint density at radius 2 is 1.90 bits per heavy atom. The fourth-order valence-electron chi connectivity index (χ4n) is 1.75. The molecule has 0 atom stereocenters. The number of carboxylic acids is 1. The summed E-state index contributed by atoms with van der Waals surface area (Å²) >= 11 is 0. The van der Waals surface area contributed by atoms with Crippen molar-refractivity contribution < 1.29 is 19.4 Å². The Hall–Kier alpha value is -2.56. The SMILES string of the molecule is CCOc1cccc(Oc2cccc(C(=O)O)c2C)n1. The second-order valence-electron chi connectivity index (χ2n) is 4.08. The minimum Gasteiger partial charge on any atom is -0.478 e. The van der Waals surface area contributed by atoms with E-state index in [1.54, 1.807) is 37.3 Å². The van der Waals surface area contributed by atoms with E-state index in [1.807, 2.05) is 6.92 Å². The van der Waals surface area contributed by atoms with Gasteiger partial charge in [0.05, 0.1) is 12.2 Å². The second-order valence-corrected chi connectivity index (χ2v) is 4.08. The van der Waals surface area contributed by atoms with Crippen LogP contribution >= 0.6 is 0 Å². The number of pyridine rings is 1. The zero-order chi connectivity index (χ0) is 14.5. The van der Waals surface area contributed by atoms with E-state index in [1.165, 1.54) is 6.07 Å². The van der Waals surface area contributed by atoms with Gasteiger partial charge in [-0.05, 0) is 26.0 Å². The van der Waals surface area contributed by atoms with E-state index in [0.29, 0.717) is 29.7 Å². The average Bonchev–Trinajstić information content (AvgIpc) is 2.42. The van der Waals surface area contributed by atoms with Gasteiger partial charge in [-0.15, -0.1) is 0 Å². The third kappa shape index (κ3) is 3.06. The van der Waals surface area contributed by atoms with Crippen molar-refractivity contribution in [2.75, 3.05) is 6.61 Å². The number of ether oxygens (including phenoxy) is 2. The van der Waals surface area contributed by atoms with E-state index >= 15 is 0 Å². The van der Waals surface area contributed by atoms with E-state index in [-0.39, 0.29) is 5.56 Å². The molecule has 0 unspecified atom stereocenters. The lowest BCUT2D eigenvalue weighted by Gasteiger charge is -2.10. The van der Waals surface area contributed by atoms with E-state index < -0.39 is 5.97 Å². The number of hydrogen-bond acceptors (Lipinski definition) is 4. The van der Waals surface area contributed by atoms with Crippen LogP contribution in [0.15, 0.2) is 36.4 Å². The summed E-state index contributed by atoms with van der Waals surface area (Å²) in [6.07, 6.45) is 0. The number of aromatic carboxylic acids is 1. The number of aromatic nitrogens is 1. The highest BCUT2D eigenvalue weighted by atomic mass is 16.5. The standard InChI is InChI=1S/C15H15NO4/c1-3-19-13-8-5-9-14(16-13)20-12-7-4-6-11(10(12)2)15(17)18/h4-9H,3H2,1-2H3,(H,17,18). The molecule has 0 radical (unpaired) electrons. The van der Waals surface area contributed by atoms with Crippen LogP contribution in [-0.4, -0.2) is 22.7 Å². The lowest BCUT2D eigenvalue weighted by Crippen LogP contribution is -2.01. The van der Waals surface area contributed by atoms with Gasteiger partial charge in [-0.3, -0.25) is 0 Å². The molecule has 0 spiro atoms. The minimum absolute atomic E-state index is 0.212. The maximum absolute atomic E-state index is 11.1. The summed E-state index contributed by atoms with van der Waals surface area (Å²) in [5.41, 5.74) is 0.770. The maximum Gasteiger partial charge on any atom is 0.336 e. The molecule has 0 bridgehead atoms. The summed E-state index contributed by atoms with van der Waals surface area (Å²) in [7, 11) is 0. The first-order chi connectivity index (χ1) is 9.61. The van der Waals surface area contributed by atoms with Crippen molar-refractivity contribution in [2.45, 2.75) is 13.8 Å². The average molecular weight is 273 g/mol. The predicted molar refractivity (Wildman–Crippen MR) is 73.6 cm³/mol. The summed E-state index contributed by atoms with van der Waals surface area (Å²) in [5.74, 6) is 0.314. The molecule has 1 aromatic heterocycles. The van der Waals surface area contributed by atoms with Gasteiger partial charge in [-0.25, -0.2) is 4.79 Å². The summed E-state index contributed by atoms with van der Waals surface area (Å²) in [4.78, 5) is 15.3. The molecule has 0 aliphatic carbocycles. The lowest BCUT2D eigenvalue weighted by atomic mass is 10.1. The van der Waals surface area contributed by atoms with Crippen LogP contribution in [0.4, 0.5) is 0 Å². The number of benzene rings is 1. The Balaban J connectivity index is 2.28. The van der Waals surface area contributed by atoms with Gasteiger partial charge < -0.3 is 14.6 Å². The Bertz CT molecular complexity index is 625. The van der Waals surface area contributed by atoms with Crippen molar-refractivity contribution in [1.29, 1.82) is 0 Å². The highest BCUT2D eigenvalue weighted by Crippen LogP contribution is 2.27. The van der Waals surface area contributed by atoms with Crippen molar-refractivity contribution in [3.8, 4) is 17.5 Å². The Kier molecular flexibility index (Phi) is 4.20. The first kappa shape index (κ1) is 13.9. The number of carbonyl (C=O) groups is 1. The van der Waals surface area contributed by atoms with E-state index in [2.05, 4.69) is 4.98 Å². The smallest absolute Gasteiger partial charge is 0.336 e. The molecule has 0 saturated carbocycles. The Morgan fingerprint density at radius 3 is 2.60 bits per heavy atom. The summed E-state index contributed by atoms with van der Waals surface area (Å²) < 4.78 is 10.9. The van der Waals surface area contributed by atoms with E-state index in [4.69, 9.17) is 14.6 Å². The quantitative estimate of drug-likeness (QED) is 0.905. The van der Waals surface area contributed by atoms with Crippen LogP contribution in [0.2, 0.25) is 0 Å². The van der Waals surface area contributed by atoms with Gasteiger partial charge in [0, 0.05) is 17.7 Å². The van der Waals surface area contributed by atoms with Crippen LogP contribution in [0.3, 0.4) is 0 Å². The van der Waals surface area contributed by atoms with Crippen molar-refractivity contribution in [1.82, 2.24) is 4.98 Å². The van der Waals surface area contributed by atoms with Crippen molar-refractivity contribution in [3.63, 3.8) is 0 Å². The summed E-state index contributed by atoms with van der Waals surface area (Å²) in [6, 6.07) is 10.1. The van der Waals surface area contributed by atoms with Gasteiger partial charge in [0.25, 0.3) is 0 Å². The first-order valence-corrected chi connectivity index (χ1v) is 6.22. The van der Waals surface area contributed by atoms with Crippen LogP contribution in [0.5, 0.6) is 17.5 Å². The largest absolute Gasteiger partial charge is 0.478 e. The molecular weight excluding hydrogens is 258 g/mol. The molecule has 2 rings (SSSR count). The molecule has 0 aliphatic rings. The van der Waals surface area contributed by atoms with Crippen molar-refractivity contribution in [3.05, 3.63) is 47.5 Å². The van der Waals surface area contributed by atoms with Crippen LogP contribution < -0.4 is 9.47 Å². The fourth-order valence-corrected chi connectivity index (χ4v) is 1.75. The summed E-state index contributed by atoms with van der Waals surface area (Å²) in [6.45, 7) is 4.09. The molecule has 1 heterocycles. The first-order valence-electron chi connectivity index (χ1n) is 6.22. The third-order valence-electron chi connectivity index (χ3n) is 2.72. The number of rotatable bonds is 5. The zero-order valence-electron chi connectivity index (χ0n) is 11.3. The molecule has 1 N–H and O–H groups in total. The number of hydrogen-bond donors (Lipinski definition) is 1. The van der Waals surface area contributed by atoms with E-state index in [0.717, 1.165) is 0 Å². The summed E-state index contributed by atoms with van der Waals surface area (Å²) in [5, 5.41) is 9.08. The highest BCUT2D eigenvalue weighted by molar-refractivity contribution is 5.90. The molecule has 0 amide bonds. The minimum atomic E-state index is -0.982. The monoisotopic (exact) mass is 273 g/mol. The van der Waals surface area contributed by atoms with E-state index in [9.17, 15) is 4.79 Å². The Labute approximate surface area is 116 Å². The van der Waals surface area contributed by atoms with Crippen molar-refractivity contribution >= 4 is 5.97 Å². The molecule has 2 aromatic rings. The fraction of sp³-hybridized carbons (Fsp3) is 0.200. The van der Waals surface area contributed by atoms with Gasteiger partial charge in [0.1, 0.15) is 5.75 Å². The zero-order valence-corrected chi connectivity index (χ0v) is 11.3. The molecular formula is C15H15NO4. The van der Waals surface area contributed by atoms with Crippen molar-refractivity contribution in [2.24, 2.45) is 0 Å². The second kappa shape index (κ2) is 6.06. The molecule has 0 aliphatic heterocycles. The molecule has 1 aromatic carbocycles. The van der Waals surface area contributed by atoms with Gasteiger partial charge in [0.2, 0.25) is 11.8 Å². The molecule has 104 valence electrons. The van der Waals surface area contributed by atoms with Crippen LogP contribution in [0.25, 0.3) is 0 Å². The number of nitrogens with zero attached hydrogens (tertiary/aromatic N) is 1. The van der Waals surface area contributed by atoms with Crippen LogP contribution in [0, 0.1) is 6.92 Å². The molecule has 0 saturated heterocycles. The highest BCUT2D eigenvalue weighted by Gasteiger charge is 2.12. The Morgan fingerprint density at radius 1 is 1.20 bits per heavy atom. The molecule has 5 nitrogen and oxygen atoms in total. The van der Waals surface area contributed by atoms with Crippen LogP contribution in [-0.2, 0) is 0 Å². The molecule has 20 heavy (non-hydrogen) atoms. The van der Waals surface area contributed by atoms with Gasteiger partial charge in [0.15, 0.2) is 0 Å². The van der Waals surface area contributed by atoms with Crippen LogP contribution in [0.1, 0.15) is 22.8 Å². The molecule has 0 fully saturated rings. The van der Waals surface area contributed by atoms with Gasteiger partial charge >= 0.3 is 5.97 Å².